The summed E-state index contributed by atoms with van der Waals surface area (Å²) in [6.07, 6.45) is 3.15. The molecule has 5 nitrogen and oxygen atoms in total. The molecule has 2 heterocycles. The van der Waals surface area contributed by atoms with E-state index < -0.39 is 0 Å². The minimum absolute atomic E-state index is 0.107. The second-order valence-electron chi connectivity index (χ2n) is 5.54. The van der Waals surface area contributed by atoms with Gasteiger partial charge in [-0.25, -0.2) is 4.98 Å². The van der Waals surface area contributed by atoms with Crippen molar-refractivity contribution in [3.63, 3.8) is 0 Å². The largest absolute Gasteiger partial charge is 0.338 e. The molecule has 1 unspecified atom stereocenters. The molecule has 1 aromatic heterocycles. The number of carbonyl (C=O) groups is 2. The number of benzene rings is 1. The van der Waals surface area contributed by atoms with Crippen LogP contribution in [-0.2, 0) is 4.79 Å². The summed E-state index contributed by atoms with van der Waals surface area (Å²) >= 11 is 13.4. The van der Waals surface area contributed by atoms with E-state index in [-0.39, 0.29) is 17.7 Å². The predicted molar refractivity (Wildman–Crippen MR) is 95.8 cm³/mol. The van der Waals surface area contributed by atoms with Crippen LogP contribution in [0.25, 0.3) is 0 Å². The van der Waals surface area contributed by atoms with Gasteiger partial charge in [0.25, 0.3) is 5.91 Å². The Bertz CT molecular complexity index is 752. The first-order valence-corrected chi connectivity index (χ1v) is 9.13. The number of piperidine rings is 1. The lowest BCUT2D eigenvalue weighted by molar-refractivity contribution is -0.121. The highest BCUT2D eigenvalue weighted by Gasteiger charge is 2.30. The molecule has 1 aliphatic heterocycles. The fourth-order valence-corrected chi connectivity index (χ4v) is 3.72. The van der Waals surface area contributed by atoms with Crippen LogP contribution in [-0.4, -0.2) is 34.8 Å². The van der Waals surface area contributed by atoms with E-state index in [2.05, 4.69) is 10.3 Å². The number of hydrogen-bond acceptors (Lipinski definition) is 4. The summed E-state index contributed by atoms with van der Waals surface area (Å²) < 4.78 is 0. The van der Waals surface area contributed by atoms with E-state index in [4.69, 9.17) is 23.2 Å². The van der Waals surface area contributed by atoms with Gasteiger partial charge in [-0.05, 0) is 31.0 Å². The van der Waals surface area contributed by atoms with Crippen LogP contribution in [0.15, 0.2) is 29.8 Å². The zero-order valence-corrected chi connectivity index (χ0v) is 15.0. The summed E-state index contributed by atoms with van der Waals surface area (Å²) in [5.74, 6) is -0.536. The third kappa shape index (κ3) is 3.88. The molecule has 1 fully saturated rings. The molecular formula is C16H15Cl2N3O2S. The van der Waals surface area contributed by atoms with Crippen molar-refractivity contribution >= 4 is 51.5 Å². The summed E-state index contributed by atoms with van der Waals surface area (Å²) in [4.78, 5) is 30.7. The third-order valence-corrected chi connectivity index (χ3v) is 5.14. The second kappa shape index (κ2) is 7.51. The zero-order valence-electron chi connectivity index (χ0n) is 12.7. The number of hydrogen-bond donors (Lipinski definition) is 1. The fraction of sp³-hybridized carbons (Fsp3) is 0.312. The average Bonchev–Trinajstić information content (AvgIpc) is 3.07. The van der Waals surface area contributed by atoms with E-state index in [0.29, 0.717) is 33.8 Å². The van der Waals surface area contributed by atoms with Gasteiger partial charge < -0.3 is 10.2 Å². The maximum Gasteiger partial charge on any atom is 0.255 e. The van der Waals surface area contributed by atoms with E-state index in [1.54, 1.807) is 34.7 Å². The molecule has 0 saturated carbocycles. The predicted octanol–water partition coefficient (Wildman–Crippen LogP) is 3.94. The minimum Gasteiger partial charge on any atom is -0.338 e. The lowest BCUT2D eigenvalue weighted by Crippen LogP contribution is -2.43. The molecular weight excluding hydrogens is 369 g/mol. The van der Waals surface area contributed by atoms with E-state index >= 15 is 0 Å². The molecule has 126 valence electrons. The number of nitrogens with one attached hydrogen (secondary N) is 1. The van der Waals surface area contributed by atoms with Crippen molar-refractivity contribution < 1.29 is 9.59 Å². The molecule has 3 rings (SSSR count). The second-order valence-corrected chi connectivity index (χ2v) is 7.28. The van der Waals surface area contributed by atoms with Gasteiger partial charge >= 0.3 is 0 Å². The van der Waals surface area contributed by atoms with Crippen LogP contribution in [0.5, 0.6) is 0 Å². The molecule has 2 aromatic rings. The number of likely N-dealkylation sites (tertiary alicyclic amines) is 1. The summed E-state index contributed by atoms with van der Waals surface area (Å²) in [5, 5.41) is 5.97. The number of thiazole rings is 1. The molecule has 1 N–H and O–H groups in total. The zero-order chi connectivity index (χ0) is 17.1. The summed E-state index contributed by atoms with van der Waals surface area (Å²) in [7, 11) is 0. The van der Waals surface area contributed by atoms with Gasteiger partial charge in [-0.3, -0.25) is 9.59 Å². The lowest BCUT2D eigenvalue weighted by Gasteiger charge is -2.32. The highest BCUT2D eigenvalue weighted by molar-refractivity contribution is 7.13. The maximum atomic E-state index is 12.7. The van der Waals surface area contributed by atoms with Crippen molar-refractivity contribution in [1.29, 1.82) is 0 Å². The number of aromatic nitrogens is 1. The Labute approximate surface area is 153 Å². The van der Waals surface area contributed by atoms with Crippen LogP contribution >= 0.6 is 34.5 Å². The highest BCUT2D eigenvalue weighted by Crippen LogP contribution is 2.25. The van der Waals surface area contributed by atoms with Crippen LogP contribution in [0.4, 0.5) is 5.13 Å². The lowest BCUT2D eigenvalue weighted by atomic mass is 9.96. The normalized spacial score (nSPS) is 17.6. The summed E-state index contributed by atoms with van der Waals surface area (Å²) in [5.41, 5.74) is 0.405. The van der Waals surface area contributed by atoms with Gasteiger partial charge in [-0.1, -0.05) is 23.2 Å². The fourth-order valence-electron chi connectivity index (χ4n) is 2.70. The van der Waals surface area contributed by atoms with Crippen molar-refractivity contribution in [1.82, 2.24) is 9.88 Å². The Morgan fingerprint density at radius 3 is 2.88 bits per heavy atom. The molecule has 0 aliphatic carbocycles. The standard InChI is InChI=1S/C16H15Cl2N3O2S/c17-11-3-4-12(13(18)8-11)15(23)21-6-1-2-10(9-21)14(22)20-16-19-5-7-24-16/h3-5,7-8,10H,1-2,6,9H2,(H,19,20,22). The van der Waals surface area contributed by atoms with Crippen LogP contribution in [0.3, 0.4) is 0 Å². The average molecular weight is 384 g/mol. The molecule has 1 aromatic carbocycles. The quantitative estimate of drug-likeness (QED) is 0.872. The Balaban J connectivity index is 1.68. The van der Waals surface area contributed by atoms with Crippen LogP contribution in [0.2, 0.25) is 10.0 Å². The summed E-state index contributed by atoms with van der Waals surface area (Å²) in [6.45, 7) is 0.980. The van der Waals surface area contributed by atoms with Crippen molar-refractivity contribution in [3.05, 3.63) is 45.4 Å². The van der Waals surface area contributed by atoms with Gasteiger partial charge in [-0.15, -0.1) is 11.3 Å². The Hall–Kier alpha value is -1.63. The van der Waals surface area contributed by atoms with Gasteiger partial charge in [0.2, 0.25) is 5.91 Å². The van der Waals surface area contributed by atoms with Gasteiger partial charge in [0.05, 0.1) is 16.5 Å². The van der Waals surface area contributed by atoms with E-state index in [0.717, 1.165) is 12.8 Å². The Kier molecular flexibility index (Phi) is 5.38. The van der Waals surface area contributed by atoms with E-state index in [1.807, 2.05) is 0 Å². The van der Waals surface area contributed by atoms with E-state index in [1.165, 1.54) is 11.3 Å². The number of amides is 2. The SMILES string of the molecule is O=C(Nc1nccs1)C1CCCN(C(=O)c2ccc(Cl)cc2Cl)C1. The van der Waals surface area contributed by atoms with Gasteiger partial charge in [0.15, 0.2) is 5.13 Å². The van der Waals surface area contributed by atoms with Crippen molar-refractivity contribution in [2.75, 3.05) is 18.4 Å². The van der Waals surface area contributed by atoms with Crippen molar-refractivity contribution in [2.45, 2.75) is 12.8 Å². The number of rotatable bonds is 3. The molecule has 1 saturated heterocycles. The molecule has 0 radical (unpaired) electrons. The molecule has 1 aliphatic rings. The molecule has 0 bridgehead atoms. The van der Waals surface area contributed by atoms with Crippen LogP contribution < -0.4 is 5.32 Å². The van der Waals surface area contributed by atoms with Crippen molar-refractivity contribution in [3.8, 4) is 0 Å². The van der Waals surface area contributed by atoms with Gasteiger partial charge in [0.1, 0.15) is 0 Å². The first-order valence-electron chi connectivity index (χ1n) is 7.49. The number of carbonyl (C=O) groups excluding carboxylic acids is 2. The van der Waals surface area contributed by atoms with Crippen LogP contribution in [0, 0.1) is 5.92 Å². The number of nitrogens with zero attached hydrogens (tertiary/aromatic N) is 2. The highest BCUT2D eigenvalue weighted by atomic mass is 35.5. The molecule has 8 heteroatoms. The Morgan fingerprint density at radius 2 is 2.17 bits per heavy atom. The first-order chi connectivity index (χ1) is 11.5. The van der Waals surface area contributed by atoms with Crippen LogP contribution in [0.1, 0.15) is 23.2 Å². The molecule has 2 amide bonds. The topological polar surface area (TPSA) is 62.3 Å². The maximum absolute atomic E-state index is 12.7. The number of halogens is 2. The minimum atomic E-state index is -0.252. The number of anilines is 1. The monoisotopic (exact) mass is 383 g/mol. The smallest absolute Gasteiger partial charge is 0.255 e. The molecule has 0 spiro atoms. The Morgan fingerprint density at radius 1 is 1.33 bits per heavy atom. The summed E-state index contributed by atoms with van der Waals surface area (Å²) in [6, 6.07) is 4.80. The van der Waals surface area contributed by atoms with E-state index in [9.17, 15) is 9.59 Å². The third-order valence-electron chi connectivity index (χ3n) is 3.90. The molecule has 1 atom stereocenters. The molecule has 24 heavy (non-hydrogen) atoms. The van der Waals surface area contributed by atoms with Crippen molar-refractivity contribution in [2.24, 2.45) is 5.92 Å². The first kappa shape index (κ1) is 17.2. The van der Waals surface area contributed by atoms with Gasteiger partial charge in [0, 0.05) is 29.7 Å². The van der Waals surface area contributed by atoms with Gasteiger partial charge in [-0.2, -0.15) is 0 Å².